The first-order valence-electron chi connectivity index (χ1n) is 10.9. The van der Waals surface area contributed by atoms with Gasteiger partial charge in [0, 0.05) is 46.8 Å². The van der Waals surface area contributed by atoms with Gasteiger partial charge in [-0.15, -0.1) is 24.0 Å². The second-order valence-electron chi connectivity index (χ2n) is 8.75. The van der Waals surface area contributed by atoms with Crippen LogP contribution in [0.25, 0.3) is 0 Å². The van der Waals surface area contributed by atoms with Crippen LogP contribution < -0.4 is 5.32 Å². The number of likely N-dealkylation sites (tertiary alicyclic amines) is 2. The number of guanidine groups is 1. The summed E-state index contributed by atoms with van der Waals surface area (Å²) in [6.07, 6.45) is 5.72. The highest BCUT2D eigenvalue weighted by molar-refractivity contribution is 14.0. The Morgan fingerprint density at radius 1 is 1.25 bits per heavy atom. The van der Waals surface area contributed by atoms with Gasteiger partial charge in [-0.25, -0.2) is 0 Å². The molecule has 0 aromatic heterocycles. The first-order chi connectivity index (χ1) is 12.9. The van der Waals surface area contributed by atoms with E-state index in [0.717, 1.165) is 76.3 Å². The van der Waals surface area contributed by atoms with E-state index in [1.807, 2.05) is 14.1 Å². The van der Waals surface area contributed by atoms with Gasteiger partial charge in [-0.1, -0.05) is 13.8 Å². The average Bonchev–Trinajstić information content (AvgIpc) is 3.25. The van der Waals surface area contributed by atoms with Crippen LogP contribution in [0.5, 0.6) is 0 Å². The Labute approximate surface area is 189 Å². The molecular formula is C21H42IN5O. The largest absolute Gasteiger partial charge is 0.357 e. The zero-order valence-electron chi connectivity index (χ0n) is 18.6. The molecular weight excluding hydrogens is 465 g/mol. The fraction of sp³-hybridized carbons (Fsp3) is 0.905. The number of halogens is 1. The molecule has 28 heavy (non-hydrogen) atoms. The van der Waals surface area contributed by atoms with Crippen molar-refractivity contribution in [1.82, 2.24) is 20.0 Å². The Hall–Kier alpha value is -0.570. The van der Waals surface area contributed by atoms with Crippen LogP contribution in [-0.4, -0.2) is 86.0 Å². The number of aliphatic imine (C=N–C) groups is 1. The van der Waals surface area contributed by atoms with Gasteiger partial charge in [-0.05, 0) is 57.4 Å². The maximum atomic E-state index is 12.3. The predicted octanol–water partition coefficient (Wildman–Crippen LogP) is 2.88. The molecule has 0 saturated carbocycles. The normalized spacial score (nSPS) is 23.2. The molecule has 2 atom stereocenters. The number of amides is 1. The molecule has 2 aliphatic heterocycles. The van der Waals surface area contributed by atoms with Crippen molar-refractivity contribution in [3.8, 4) is 0 Å². The number of hydrogen-bond donors (Lipinski definition) is 1. The molecule has 0 aliphatic carbocycles. The third kappa shape index (κ3) is 7.69. The highest BCUT2D eigenvalue weighted by atomic mass is 127. The number of rotatable bonds is 8. The molecule has 6 nitrogen and oxygen atoms in total. The Kier molecular flexibility index (Phi) is 11.7. The molecule has 1 amide bonds. The van der Waals surface area contributed by atoms with Gasteiger partial charge in [-0.3, -0.25) is 14.7 Å². The summed E-state index contributed by atoms with van der Waals surface area (Å²) in [5.41, 5.74) is 0. The molecule has 0 radical (unpaired) electrons. The summed E-state index contributed by atoms with van der Waals surface area (Å²) >= 11 is 0. The quantitative estimate of drug-likeness (QED) is 0.238. The van der Waals surface area contributed by atoms with Gasteiger partial charge in [0.05, 0.1) is 6.04 Å². The van der Waals surface area contributed by atoms with E-state index in [9.17, 15) is 4.79 Å². The van der Waals surface area contributed by atoms with Crippen molar-refractivity contribution in [3.63, 3.8) is 0 Å². The van der Waals surface area contributed by atoms with Crippen LogP contribution in [0.3, 0.4) is 0 Å². The van der Waals surface area contributed by atoms with Crippen molar-refractivity contribution in [3.05, 3.63) is 0 Å². The van der Waals surface area contributed by atoms with Crippen LogP contribution in [0.15, 0.2) is 4.99 Å². The lowest BCUT2D eigenvalue weighted by molar-refractivity contribution is -0.133. The molecule has 164 valence electrons. The topological polar surface area (TPSA) is 51.2 Å². The predicted molar refractivity (Wildman–Crippen MR) is 128 cm³/mol. The summed E-state index contributed by atoms with van der Waals surface area (Å²) < 4.78 is 0. The average molecular weight is 508 g/mol. The number of hydrogen-bond acceptors (Lipinski definition) is 3. The van der Waals surface area contributed by atoms with Crippen LogP contribution in [0.4, 0.5) is 0 Å². The second-order valence-corrected chi connectivity index (χ2v) is 8.75. The maximum absolute atomic E-state index is 12.3. The zero-order valence-corrected chi connectivity index (χ0v) is 20.9. The van der Waals surface area contributed by atoms with Gasteiger partial charge in [0.1, 0.15) is 0 Å². The lowest BCUT2D eigenvalue weighted by Gasteiger charge is -2.26. The molecule has 7 heteroatoms. The Bertz CT molecular complexity index is 497. The summed E-state index contributed by atoms with van der Waals surface area (Å²) in [5, 5.41) is 3.47. The van der Waals surface area contributed by atoms with Gasteiger partial charge < -0.3 is 15.1 Å². The first-order valence-corrected chi connectivity index (χ1v) is 10.9. The Morgan fingerprint density at radius 2 is 2.00 bits per heavy atom. The van der Waals surface area contributed by atoms with E-state index in [1.165, 1.54) is 12.8 Å². The van der Waals surface area contributed by atoms with Gasteiger partial charge in [0.25, 0.3) is 0 Å². The minimum absolute atomic E-state index is 0. The van der Waals surface area contributed by atoms with E-state index >= 15 is 0 Å². The van der Waals surface area contributed by atoms with Crippen molar-refractivity contribution < 1.29 is 4.79 Å². The SMILES string of the molecule is CCNC(=NCCCN1CCCC1C(=O)N(C)C)N1CCC(CC(C)C)C1.I. The van der Waals surface area contributed by atoms with Crippen LogP contribution in [0.2, 0.25) is 0 Å². The first kappa shape index (κ1) is 25.5. The van der Waals surface area contributed by atoms with Crippen molar-refractivity contribution in [1.29, 1.82) is 0 Å². The minimum atomic E-state index is 0. The van der Waals surface area contributed by atoms with Gasteiger partial charge in [-0.2, -0.15) is 0 Å². The molecule has 0 aromatic rings. The number of carbonyl (C=O) groups excluding carboxylic acids is 1. The standard InChI is InChI=1S/C21H41N5O.HI/c1-6-22-21(26-14-10-18(16-26)15-17(2)3)23-11-8-13-25-12-7-9-19(25)20(27)24(4)5;/h17-19H,6-16H2,1-5H3,(H,22,23);1H. The summed E-state index contributed by atoms with van der Waals surface area (Å²) in [7, 11) is 3.71. The van der Waals surface area contributed by atoms with Crippen molar-refractivity contribution >= 4 is 35.8 Å². The molecule has 0 spiro atoms. The summed E-state index contributed by atoms with van der Waals surface area (Å²) in [5.74, 6) is 2.90. The number of carbonyl (C=O) groups is 1. The van der Waals surface area contributed by atoms with Crippen molar-refractivity contribution in [2.45, 2.75) is 58.9 Å². The van der Waals surface area contributed by atoms with Gasteiger partial charge >= 0.3 is 0 Å². The Morgan fingerprint density at radius 3 is 2.64 bits per heavy atom. The number of nitrogens with one attached hydrogen (secondary N) is 1. The summed E-state index contributed by atoms with van der Waals surface area (Å²) in [4.78, 5) is 23.7. The third-order valence-electron chi connectivity index (χ3n) is 5.68. The number of likely N-dealkylation sites (N-methyl/N-ethyl adjacent to an activating group) is 1. The van der Waals surface area contributed by atoms with Gasteiger partial charge in [0.2, 0.25) is 5.91 Å². The third-order valence-corrected chi connectivity index (χ3v) is 5.68. The van der Waals surface area contributed by atoms with Crippen LogP contribution >= 0.6 is 24.0 Å². The van der Waals surface area contributed by atoms with Gasteiger partial charge in [0.15, 0.2) is 5.96 Å². The van der Waals surface area contributed by atoms with E-state index in [0.29, 0.717) is 0 Å². The van der Waals surface area contributed by atoms with E-state index in [-0.39, 0.29) is 35.9 Å². The second kappa shape index (κ2) is 12.9. The van der Waals surface area contributed by atoms with Crippen molar-refractivity contribution in [2.75, 3.05) is 53.4 Å². The fourth-order valence-corrected chi connectivity index (χ4v) is 4.44. The molecule has 2 fully saturated rings. The highest BCUT2D eigenvalue weighted by Crippen LogP contribution is 2.23. The van der Waals surface area contributed by atoms with E-state index < -0.39 is 0 Å². The molecule has 2 saturated heterocycles. The zero-order chi connectivity index (χ0) is 19.8. The summed E-state index contributed by atoms with van der Waals surface area (Å²) in [6, 6.07) is 0.0765. The maximum Gasteiger partial charge on any atom is 0.239 e. The molecule has 0 aromatic carbocycles. The highest BCUT2D eigenvalue weighted by Gasteiger charge is 2.31. The molecule has 2 rings (SSSR count). The monoisotopic (exact) mass is 507 g/mol. The molecule has 0 bridgehead atoms. The smallest absolute Gasteiger partial charge is 0.239 e. The molecule has 1 N–H and O–H groups in total. The van der Waals surface area contributed by atoms with Crippen LogP contribution in [0, 0.1) is 11.8 Å². The van der Waals surface area contributed by atoms with Crippen LogP contribution in [-0.2, 0) is 4.79 Å². The lowest BCUT2D eigenvalue weighted by atomic mass is 9.97. The minimum Gasteiger partial charge on any atom is -0.357 e. The Balaban J connectivity index is 0.00000392. The van der Waals surface area contributed by atoms with Crippen molar-refractivity contribution in [2.24, 2.45) is 16.8 Å². The fourth-order valence-electron chi connectivity index (χ4n) is 4.44. The van der Waals surface area contributed by atoms with E-state index in [2.05, 4.69) is 35.9 Å². The van der Waals surface area contributed by atoms with E-state index in [1.54, 1.807) is 4.90 Å². The molecule has 2 unspecified atom stereocenters. The van der Waals surface area contributed by atoms with E-state index in [4.69, 9.17) is 4.99 Å². The van der Waals surface area contributed by atoms with Crippen LogP contribution in [0.1, 0.15) is 52.9 Å². The lowest BCUT2D eigenvalue weighted by Crippen LogP contribution is -2.43. The summed E-state index contributed by atoms with van der Waals surface area (Å²) in [6.45, 7) is 12.8. The molecule has 2 aliphatic rings. The molecule has 2 heterocycles. The number of nitrogens with zero attached hydrogens (tertiary/aromatic N) is 4.